The van der Waals surface area contributed by atoms with Crippen LogP contribution >= 0.6 is 0 Å². The lowest BCUT2D eigenvalue weighted by Crippen LogP contribution is -2.53. The van der Waals surface area contributed by atoms with E-state index >= 15 is 0 Å². The standard InChI is InChI=1S/C22H37NO7/c1-9-11-12-16(24)14-13-15(14)17(18(25)28-10-2)23(19(26)29-21(3,4)5)20(27)30-22(6,7)8/h9,14-17,24H,1,10-13H2,2-8H3/t14-,15+,16?,17-/m1/s1. The van der Waals surface area contributed by atoms with Gasteiger partial charge in [-0.1, -0.05) is 6.08 Å². The molecule has 8 nitrogen and oxygen atoms in total. The van der Waals surface area contributed by atoms with E-state index in [1.807, 2.05) is 0 Å². The van der Waals surface area contributed by atoms with Crippen molar-refractivity contribution in [3.63, 3.8) is 0 Å². The van der Waals surface area contributed by atoms with Gasteiger partial charge in [-0.25, -0.2) is 14.4 Å². The first-order valence-electron chi connectivity index (χ1n) is 10.4. The fourth-order valence-electron chi connectivity index (χ4n) is 3.17. The summed E-state index contributed by atoms with van der Waals surface area (Å²) in [5.74, 6) is -1.41. The molecule has 0 bridgehead atoms. The Kier molecular flexibility index (Phi) is 8.90. The molecule has 1 aliphatic carbocycles. The van der Waals surface area contributed by atoms with Crippen LogP contribution in [0, 0.1) is 11.8 Å². The maximum atomic E-state index is 12.9. The lowest BCUT2D eigenvalue weighted by atomic mass is 10.0. The minimum absolute atomic E-state index is 0.0855. The molecule has 0 aromatic rings. The molecular formula is C22H37NO7. The Morgan fingerprint density at radius 2 is 1.57 bits per heavy atom. The average molecular weight is 428 g/mol. The molecule has 4 atom stereocenters. The molecule has 0 aromatic carbocycles. The molecule has 0 aromatic heterocycles. The van der Waals surface area contributed by atoms with Crippen LogP contribution < -0.4 is 0 Å². The van der Waals surface area contributed by atoms with E-state index in [0.717, 1.165) is 0 Å². The van der Waals surface area contributed by atoms with Gasteiger partial charge in [0.15, 0.2) is 0 Å². The lowest BCUT2D eigenvalue weighted by molar-refractivity contribution is -0.150. The van der Waals surface area contributed by atoms with Crippen molar-refractivity contribution in [3.05, 3.63) is 12.7 Å². The second-order valence-corrected chi connectivity index (χ2v) is 9.52. The van der Waals surface area contributed by atoms with Crippen LogP contribution in [0.3, 0.4) is 0 Å². The van der Waals surface area contributed by atoms with E-state index in [0.29, 0.717) is 24.2 Å². The van der Waals surface area contributed by atoms with Gasteiger partial charge in [-0.3, -0.25) is 0 Å². The molecule has 0 radical (unpaired) electrons. The van der Waals surface area contributed by atoms with Crippen molar-refractivity contribution < 1.29 is 33.7 Å². The van der Waals surface area contributed by atoms with Crippen LogP contribution in [-0.2, 0) is 19.0 Å². The maximum absolute atomic E-state index is 12.9. The monoisotopic (exact) mass is 427 g/mol. The highest BCUT2D eigenvalue weighted by Gasteiger charge is 2.56. The largest absolute Gasteiger partial charge is 0.464 e. The number of carbonyl (C=O) groups excluding carboxylic acids is 3. The molecule has 1 fully saturated rings. The minimum Gasteiger partial charge on any atom is -0.464 e. The summed E-state index contributed by atoms with van der Waals surface area (Å²) in [6, 6.07) is -1.24. The highest BCUT2D eigenvalue weighted by molar-refractivity contribution is 5.94. The molecule has 1 unspecified atom stereocenters. The van der Waals surface area contributed by atoms with Crippen LogP contribution in [0.2, 0.25) is 0 Å². The summed E-state index contributed by atoms with van der Waals surface area (Å²) in [6.45, 7) is 15.4. The smallest absolute Gasteiger partial charge is 0.420 e. The second-order valence-electron chi connectivity index (χ2n) is 9.52. The van der Waals surface area contributed by atoms with Gasteiger partial charge >= 0.3 is 18.2 Å². The van der Waals surface area contributed by atoms with Crippen LogP contribution in [0.4, 0.5) is 9.59 Å². The van der Waals surface area contributed by atoms with Gasteiger partial charge in [0.2, 0.25) is 0 Å². The van der Waals surface area contributed by atoms with Crippen LogP contribution in [0.25, 0.3) is 0 Å². The zero-order valence-corrected chi connectivity index (χ0v) is 19.3. The molecule has 30 heavy (non-hydrogen) atoms. The van der Waals surface area contributed by atoms with Gasteiger partial charge in [0.25, 0.3) is 0 Å². The number of ether oxygens (including phenoxy) is 3. The third kappa shape index (κ3) is 7.97. The van der Waals surface area contributed by atoms with Gasteiger partial charge in [0, 0.05) is 0 Å². The third-order valence-corrected chi connectivity index (χ3v) is 4.44. The zero-order valence-electron chi connectivity index (χ0n) is 19.3. The summed E-state index contributed by atoms with van der Waals surface area (Å²) in [5, 5.41) is 10.4. The van der Waals surface area contributed by atoms with E-state index in [9.17, 15) is 19.5 Å². The van der Waals surface area contributed by atoms with E-state index in [1.54, 1.807) is 54.5 Å². The number of nitrogens with zero attached hydrogens (tertiary/aromatic N) is 1. The Bertz CT molecular complexity index is 604. The second kappa shape index (κ2) is 10.3. The van der Waals surface area contributed by atoms with Crippen molar-refractivity contribution in [1.82, 2.24) is 4.90 Å². The molecule has 172 valence electrons. The van der Waals surface area contributed by atoms with Crippen molar-refractivity contribution >= 4 is 18.2 Å². The number of allylic oxidation sites excluding steroid dienone is 1. The molecule has 1 N–H and O–H groups in total. The quantitative estimate of drug-likeness (QED) is 0.354. The maximum Gasteiger partial charge on any atom is 0.420 e. The molecule has 0 heterocycles. The van der Waals surface area contributed by atoms with Crippen LogP contribution in [-0.4, -0.2) is 58.1 Å². The summed E-state index contributed by atoms with van der Waals surface area (Å²) in [7, 11) is 0. The summed E-state index contributed by atoms with van der Waals surface area (Å²) in [4.78, 5) is 39.4. The Morgan fingerprint density at radius 1 is 1.07 bits per heavy atom. The van der Waals surface area contributed by atoms with E-state index in [1.165, 1.54) is 0 Å². The SMILES string of the molecule is C=CCCC(O)[C@@H]1C[C@@H]1[C@H](C(=O)OCC)N(C(=O)OC(C)(C)C)C(=O)OC(C)(C)C. The first-order valence-corrected chi connectivity index (χ1v) is 10.4. The predicted molar refractivity (Wildman–Crippen MR) is 112 cm³/mol. The van der Waals surface area contributed by atoms with E-state index < -0.39 is 47.4 Å². The molecule has 0 spiro atoms. The molecule has 2 amide bonds. The number of aliphatic hydroxyl groups excluding tert-OH is 1. The number of carbonyl (C=O) groups is 3. The Morgan fingerprint density at radius 3 is 1.97 bits per heavy atom. The minimum atomic E-state index is -1.24. The molecule has 1 rings (SSSR count). The van der Waals surface area contributed by atoms with E-state index in [-0.39, 0.29) is 12.5 Å². The highest BCUT2D eigenvalue weighted by atomic mass is 16.6. The number of imide groups is 1. The zero-order chi connectivity index (χ0) is 23.3. The normalized spacial score (nSPS) is 20.5. The van der Waals surface area contributed by atoms with E-state index in [4.69, 9.17) is 14.2 Å². The topological polar surface area (TPSA) is 102 Å². The number of hydrogen-bond acceptors (Lipinski definition) is 7. The molecule has 1 aliphatic rings. The van der Waals surface area contributed by atoms with Crippen molar-refractivity contribution in [2.75, 3.05) is 6.61 Å². The lowest BCUT2D eigenvalue weighted by Gasteiger charge is -2.32. The number of amides is 2. The van der Waals surface area contributed by atoms with E-state index in [2.05, 4.69) is 6.58 Å². The Labute approximate surface area is 179 Å². The summed E-state index contributed by atoms with van der Waals surface area (Å²) >= 11 is 0. The molecule has 8 heteroatoms. The van der Waals surface area contributed by atoms with Crippen LogP contribution in [0.5, 0.6) is 0 Å². The van der Waals surface area contributed by atoms with Crippen molar-refractivity contribution in [2.24, 2.45) is 11.8 Å². The van der Waals surface area contributed by atoms with Gasteiger partial charge in [-0.15, -0.1) is 6.58 Å². The Balaban J connectivity index is 3.24. The predicted octanol–water partition coefficient (Wildman–Crippen LogP) is 4.05. The third-order valence-electron chi connectivity index (χ3n) is 4.44. The van der Waals surface area contributed by atoms with Crippen molar-refractivity contribution in [2.45, 2.75) is 91.1 Å². The summed E-state index contributed by atoms with van der Waals surface area (Å²) < 4.78 is 15.9. The van der Waals surface area contributed by atoms with Crippen molar-refractivity contribution in [3.8, 4) is 0 Å². The molecule has 0 aliphatic heterocycles. The number of rotatable bonds is 8. The first kappa shape index (κ1) is 25.9. The average Bonchev–Trinajstić information content (AvgIpc) is 3.34. The van der Waals surface area contributed by atoms with Crippen LogP contribution in [0.15, 0.2) is 12.7 Å². The Hall–Kier alpha value is -2.09. The van der Waals surface area contributed by atoms with Gasteiger partial charge in [-0.2, -0.15) is 4.90 Å². The van der Waals surface area contributed by atoms with Crippen molar-refractivity contribution in [1.29, 1.82) is 0 Å². The molecule has 0 saturated heterocycles. The highest BCUT2D eigenvalue weighted by Crippen LogP contribution is 2.47. The fourth-order valence-corrected chi connectivity index (χ4v) is 3.17. The summed E-state index contributed by atoms with van der Waals surface area (Å²) in [5.41, 5.74) is -1.77. The number of aliphatic hydroxyl groups is 1. The first-order chi connectivity index (χ1) is 13.7. The number of hydrogen-bond donors (Lipinski definition) is 1. The summed E-state index contributed by atoms with van der Waals surface area (Å²) in [6.07, 6.45) is 0.641. The van der Waals surface area contributed by atoms with Gasteiger partial charge in [0.1, 0.15) is 17.2 Å². The number of esters is 1. The van der Waals surface area contributed by atoms with Crippen LogP contribution in [0.1, 0.15) is 67.7 Å². The molecular weight excluding hydrogens is 390 g/mol. The van der Waals surface area contributed by atoms with Gasteiger partial charge < -0.3 is 19.3 Å². The van der Waals surface area contributed by atoms with Gasteiger partial charge in [-0.05, 0) is 79.6 Å². The molecule has 1 saturated carbocycles. The fraction of sp³-hybridized carbons (Fsp3) is 0.773. The van der Waals surface area contributed by atoms with Gasteiger partial charge in [0.05, 0.1) is 12.7 Å².